The predicted molar refractivity (Wildman–Crippen MR) is 54.0 cm³/mol. The molecule has 1 aromatic rings. The first-order chi connectivity index (χ1) is 6.33. The van der Waals surface area contributed by atoms with Crippen molar-refractivity contribution in [2.24, 2.45) is 5.73 Å². The van der Waals surface area contributed by atoms with Gasteiger partial charge in [-0.25, -0.2) is 4.39 Å². The van der Waals surface area contributed by atoms with Crippen molar-refractivity contribution in [3.05, 3.63) is 42.0 Å². The van der Waals surface area contributed by atoms with Crippen LogP contribution >= 0.6 is 0 Å². The number of rotatable bonds is 4. The Hall–Kier alpha value is -1.15. The van der Waals surface area contributed by atoms with E-state index in [-0.39, 0.29) is 6.54 Å². The Morgan fingerprint density at radius 2 is 2.00 bits per heavy atom. The fraction of sp³-hybridized carbons (Fsp3) is 0.273. The van der Waals surface area contributed by atoms with Crippen molar-refractivity contribution in [1.82, 2.24) is 0 Å². The average Bonchev–Trinajstić information content (AvgIpc) is 2.19. The third-order valence-electron chi connectivity index (χ3n) is 1.76. The normalized spacial score (nSPS) is 13.4. The maximum atomic E-state index is 12.7. The Morgan fingerprint density at radius 1 is 1.31 bits per heavy atom. The van der Waals surface area contributed by atoms with E-state index in [4.69, 9.17) is 5.73 Å². The van der Waals surface area contributed by atoms with E-state index < -0.39 is 6.17 Å². The fourth-order valence-corrected chi connectivity index (χ4v) is 1.01. The molecule has 1 atom stereocenters. The van der Waals surface area contributed by atoms with Gasteiger partial charge in [-0.2, -0.15) is 0 Å². The predicted octanol–water partition coefficient (Wildman–Crippen LogP) is 2.39. The Balaban J connectivity index is 2.41. The number of benzene rings is 1. The molecule has 1 aromatic carbocycles. The molecule has 0 spiro atoms. The van der Waals surface area contributed by atoms with Crippen LogP contribution in [0.2, 0.25) is 0 Å². The monoisotopic (exact) mass is 179 g/mol. The summed E-state index contributed by atoms with van der Waals surface area (Å²) in [7, 11) is 0. The first-order valence-corrected chi connectivity index (χ1v) is 4.38. The van der Waals surface area contributed by atoms with Gasteiger partial charge in [0.15, 0.2) is 0 Å². The SMILES string of the molecule is NC[C@H](F)C/C=C/c1ccccc1. The number of allylic oxidation sites excluding steroid dienone is 1. The zero-order valence-electron chi connectivity index (χ0n) is 7.49. The van der Waals surface area contributed by atoms with Crippen molar-refractivity contribution in [1.29, 1.82) is 0 Å². The molecule has 0 saturated heterocycles. The quantitative estimate of drug-likeness (QED) is 0.754. The first-order valence-electron chi connectivity index (χ1n) is 4.38. The molecule has 0 unspecified atom stereocenters. The summed E-state index contributed by atoms with van der Waals surface area (Å²) in [5.41, 5.74) is 6.23. The second-order valence-corrected chi connectivity index (χ2v) is 2.88. The van der Waals surface area contributed by atoms with Crippen LogP contribution in [0.4, 0.5) is 4.39 Å². The van der Waals surface area contributed by atoms with Gasteiger partial charge >= 0.3 is 0 Å². The zero-order chi connectivity index (χ0) is 9.52. The lowest BCUT2D eigenvalue weighted by Gasteiger charge is -1.98. The second kappa shape index (κ2) is 5.49. The molecule has 0 aliphatic heterocycles. The van der Waals surface area contributed by atoms with Crippen LogP contribution in [-0.4, -0.2) is 12.7 Å². The van der Waals surface area contributed by atoms with Crippen LogP contribution in [0, 0.1) is 0 Å². The summed E-state index contributed by atoms with van der Waals surface area (Å²) in [6.45, 7) is 0.0964. The largest absolute Gasteiger partial charge is 0.328 e. The molecule has 0 aliphatic rings. The van der Waals surface area contributed by atoms with E-state index in [1.807, 2.05) is 42.5 Å². The molecule has 2 N–H and O–H groups in total. The van der Waals surface area contributed by atoms with Gasteiger partial charge in [-0.05, 0) is 12.0 Å². The number of nitrogens with two attached hydrogens (primary N) is 1. The third-order valence-corrected chi connectivity index (χ3v) is 1.76. The molecule has 0 radical (unpaired) electrons. The van der Waals surface area contributed by atoms with Gasteiger partial charge in [0.25, 0.3) is 0 Å². The summed E-state index contributed by atoms with van der Waals surface area (Å²) in [5, 5.41) is 0. The Kier molecular flexibility index (Phi) is 4.19. The van der Waals surface area contributed by atoms with Crippen molar-refractivity contribution < 1.29 is 4.39 Å². The van der Waals surface area contributed by atoms with Gasteiger partial charge in [-0.1, -0.05) is 42.5 Å². The standard InChI is InChI=1S/C11H14FN/c12-11(9-13)8-4-7-10-5-2-1-3-6-10/h1-7,11H,8-9,13H2/b7-4+/t11-/m1/s1. The molecular formula is C11H14FN. The molecular weight excluding hydrogens is 165 g/mol. The number of hydrogen-bond acceptors (Lipinski definition) is 1. The molecule has 0 saturated carbocycles. The van der Waals surface area contributed by atoms with E-state index in [2.05, 4.69) is 0 Å². The van der Waals surface area contributed by atoms with Gasteiger partial charge in [0.2, 0.25) is 0 Å². The minimum Gasteiger partial charge on any atom is -0.328 e. The van der Waals surface area contributed by atoms with Gasteiger partial charge in [0, 0.05) is 6.54 Å². The van der Waals surface area contributed by atoms with E-state index in [9.17, 15) is 4.39 Å². The smallest absolute Gasteiger partial charge is 0.116 e. The summed E-state index contributed by atoms with van der Waals surface area (Å²) < 4.78 is 12.7. The highest BCUT2D eigenvalue weighted by Crippen LogP contribution is 2.04. The lowest BCUT2D eigenvalue weighted by molar-refractivity contribution is 0.345. The number of halogens is 1. The maximum Gasteiger partial charge on any atom is 0.116 e. The maximum absolute atomic E-state index is 12.7. The van der Waals surface area contributed by atoms with Crippen LogP contribution in [0.5, 0.6) is 0 Å². The van der Waals surface area contributed by atoms with Gasteiger partial charge in [-0.15, -0.1) is 0 Å². The summed E-state index contributed by atoms with van der Waals surface area (Å²) in [5.74, 6) is 0. The van der Waals surface area contributed by atoms with Gasteiger partial charge in [0.05, 0.1) is 0 Å². The van der Waals surface area contributed by atoms with Crippen molar-refractivity contribution in [3.63, 3.8) is 0 Å². The minimum absolute atomic E-state index is 0.0964. The molecule has 2 heteroatoms. The molecule has 0 amide bonds. The van der Waals surface area contributed by atoms with Gasteiger partial charge < -0.3 is 5.73 Å². The summed E-state index contributed by atoms with van der Waals surface area (Å²) in [6.07, 6.45) is 3.19. The highest BCUT2D eigenvalue weighted by atomic mass is 19.1. The molecule has 0 aliphatic carbocycles. The van der Waals surface area contributed by atoms with Crippen LogP contribution in [0.15, 0.2) is 36.4 Å². The summed E-state index contributed by atoms with van der Waals surface area (Å²) in [4.78, 5) is 0. The van der Waals surface area contributed by atoms with Crippen LogP contribution in [0.25, 0.3) is 6.08 Å². The van der Waals surface area contributed by atoms with E-state index in [0.717, 1.165) is 5.56 Å². The van der Waals surface area contributed by atoms with E-state index in [1.165, 1.54) is 0 Å². The van der Waals surface area contributed by atoms with Crippen LogP contribution in [0.1, 0.15) is 12.0 Å². The topological polar surface area (TPSA) is 26.0 Å². The van der Waals surface area contributed by atoms with Crippen LogP contribution < -0.4 is 5.73 Å². The number of alkyl halides is 1. The van der Waals surface area contributed by atoms with Crippen molar-refractivity contribution in [2.45, 2.75) is 12.6 Å². The Labute approximate surface area is 78.1 Å². The fourth-order valence-electron chi connectivity index (χ4n) is 1.01. The minimum atomic E-state index is -0.917. The Bertz CT molecular complexity index is 256. The third kappa shape index (κ3) is 3.85. The molecule has 1 rings (SSSR count). The molecule has 0 bridgehead atoms. The highest BCUT2D eigenvalue weighted by Gasteiger charge is 1.97. The summed E-state index contributed by atoms with van der Waals surface area (Å²) in [6, 6.07) is 9.82. The molecule has 0 aromatic heterocycles. The molecule has 0 heterocycles. The van der Waals surface area contributed by atoms with Gasteiger partial charge in [-0.3, -0.25) is 0 Å². The molecule has 1 nitrogen and oxygen atoms in total. The average molecular weight is 179 g/mol. The summed E-state index contributed by atoms with van der Waals surface area (Å²) >= 11 is 0. The van der Waals surface area contributed by atoms with Crippen LogP contribution in [0.3, 0.4) is 0 Å². The second-order valence-electron chi connectivity index (χ2n) is 2.88. The van der Waals surface area contributed by atoms with E-state index in [1.54, 1.807) is 0 Å². The molecule has 13 heavy (non-hydrogen) atoms. The zero-order valence-corrected chi connectivity index (χ0v) is 7.49. The van der Waals surface area contributed by atoms with Crippen molar-refractivity contribution >= 4 is 6.08 Å². The lowest BCUT2D eigenvalue weighted by Crippen LogP contribution is -2.13. The van der Waals surface area contributed by atoms with Crippen LogP contribution in [-0.2, 0) is 0 Å². The van der Waals surface area contributed by atoms with E-state index >= 15 is 0 Å². The Morgan fingerprint density at radius 3 is 2.62 bits per heavy atom. The molecule has 0 fully saturated rings. The van der Waals surface area contributed by atoms with Crippen molar-refractivity contribution in [2.75, 3.05) is 6.54 Å². The highest BCUT2D eigenvalue weighted by molar-refractivity contribution is 5.48. The number of hydrogen-bond donors (Lipinski definition) is 1. The lowest BCUT2D eigenvalue weighted by atomic mass is 10.2. The molecule has 70 valence electrons. The van der Waals surface area contributed by atoms with Crippen molar-refractivity contribution in [3.8, 4) is 0 Å². The first kappa shape index (κ1) is 9.93. The van der Waals surface area contributed by atoms with E-state index in [0.29, 0.717) is 6.42 Å². The van der Waals surface area contributed by atoms with Gasteiger partial charge in [0.1, 0.15) is 6.17 Å².